The lowest BCUT2D eigenvalue weighted by atomic mass is 10.1. The number of hydrogen-bond donors (Lipinski definition) is 0. The number of benzene rings is 2. The molecule has 1 saturated heterocycles. The Morgan fingerprint density at radius 2 is 1.44 bits per heavy atom. The van der Waals surface area contributed by atoms with Crippen molar-refractivity contribution < 1.29 is 9.59 Å². The van der Waals surface area contributed by atoms with E-state index in [1.54, 1.807) is 9.80 Å². The molecule has 0 aromatic heterocycles. The van der Waals surface area contributed by atoms with Gasteiger partial charge in [-0.3, -0.25) is 9.59 Å². The minimum Gasteiger partial charge on any atom is -0.368 e. The fourth-order valence-electron chi connectivity index (χ4n) is 3.33. The molecule has 0 N–H and O–H groups in total. The van der Waals surface area contributed by atoms with E-state index in [0.29, 0.717) is 19.6 Å². The summed E-state index contributed by atoms with van der Waals surface area (Å²) in [5, 5.41) is 0. The van der Waals surface area contributed by atoms with Crippen LogP contribution in [0.25, 0.3) is 0 Å². The van der Waals surface area contributed by atoms with Gasteiger partial charge in [0.1, 0.15) is 0 Å². The maximum atomic E-state index is 12.9. The number of anilines is 1. The Kier molecular flexibility index (Phi) is 6.12. The molecule has 1 fully saturated rings. The maximum absolute atomic E-state index is 12.9. The Hall–Kier alpha value is -2.82. The zero-order chi connectivity index (χ0) is 19.2. The first-order valence-electron chi connectivity index (χ1n) is 9.50. The predicted molar refractivity (Wildman–Crippen MR) is 107 cm³/mol. The zero-order valence-electron chi connectivity index (χ0n) is 16.0. The summed E-state index contributed by atoms with van der Waals surface area (Å²) < 4.78 is 0. The summed E-state index contributed by atoms with van der Waals surface area (Å²) >= 11 is 0. The second kappa shape index (κ2) is 8.71. The van der Waals surface area contributed by atoms with E-state index < -0.39 is 11.8 Å². The summed E-state index contributed by atoms with van der Waals surface area (Å²) in [7, 11) is 0. The Morgan fingerprint density at radius 3 is 2.00 bits per heavy atom. The van der Waals surface area contributed by atoms with Gasteiger partial charge in [0.15, 0.2) is 0 Å². The van der Waals surface area contributed by atoms with Crippen LogP contribution in [0.2, 0.25) is 0 Å². The van der Waals surface area contributed by atoms with Crippen LogP contribution in [0.3, 0.4) is 0 Å². The molecule has 0 aliphatic carbocycles. The Morgan fingerprint density at radius 1 is 0.889 bits per heavy atom. The zero-order valence-corrected chi connectivity index (χ0v) is 16.0. The molecule has 3 rings (SSSR count). The Balaban J connectivity index is 1.61. The molecule has 1 aliphatic heterocycles. The fourth-order valence-corrected chi connectivity index (χ4v) is 3.33. The van der Waals surface area contributed by atoms with Crippen LogP contribution in [-0.2, 0) is 16.1 Å². The van der Waals surface area contributed by atoms with Gasteiger partial charge in [-0.15, -0.1) is 0 Å². The average Bonchev–Trinajstić information content (AvgIpc) is 2.72. The highest BCUT2D eigenvalue weighted by molar-refractivity contribution is 6.35. The minimum absolute atomic E-state index is 0.0349. The minimum atomic E-state index is -0.415. The molecular weight excluding hydrogens is 338 g/mol. The summed E-state index contributed by atoms with van der Waals surface area (Å²) in [4.78, 5) is 31.2. The summed E-state index contributed by atoms with van der Waals surface area (Å²) in [6.07, 6.45) is 0. The number of nitrogens with zero attached hydrogens (tertiary/aromatic N) is 3. The molecule has 2 aromatic carbocycles. The smallest absolute Gasteiger partial charge is 0.312 e. The van der Waals surface area contributed by atoms with Gasteiger partial charge >= 0.3 is 11.8 Å². The molecule has 2 aromatic rings. The molecule has 5 heteroatoms. The molecule has 1 aliphatic rings. The van der Waals surface area contributed by atoms with Gasteiger partial charge in [-0.25, -0.2) is 0 Å². The molecule has 0 atom stereocenters. The van der Waals surface area contributed by atoms with E-state index in [4.69, 9.17) is 0 Å². The first-order valence-corrected chi connectivity index (χ1v) is 9.50. The van der Waals surface area contributed by atoms with E-state index in [2.05, 4.69) is 17.0 Å². The van der Waals surface area contributed by atoms with E-state index >= 15 is 0 Å². The Bertz CT molecular complexity index is 754. The van der Waals surface area contributed by atoms with Crippen LogP contribution >= 0.6 is 0 Å². The van der Waals surface area contributed by atoms with Crippen LogP contribution in [0.5, 0.6) is 0 Å². The lowest BCUT2D eigenvalue weighted by Crippen LogP contribution is -2.54. The second-order valence-electron chi connectivity index (χ2n) is 7.13. The van der Waals surface area contributed by atoms with Crippen LogP contribution in [-0.4, -0.2) is 53.8 Å². The van der Waals surface area contributed by atoms with Crippen molar-refractivity contribution in [1.29, 1.82) is 0 Å². The van der Waals surface area contributed by atoms with Crippen LogP contribution in [0.15, 0.2) is 60.7 Å². The van der Waals surface area contributed by atoms with Crippen molar-refractivity contribution >= 4 is 17.5 Å². The normalized spacial score (nSPS) is 14.3. The number of carbonyl (C=O) groups excluding carboxylic acids is 2. The molecule has 0 spiro atoms. The van der Waals surface area contributed by atoms with Gasteiger partial charge in [0.05, 0.1) is 0 Å². The fraction of sp³-hybridized carbons (Fsp3) is 0.364. The highest BCUT2D eigenvalue weighted by atomic mass is 16.2. The first-order chi connectivity index (χ1) is 13.1. The molecule has 2 amide bonds. The van der Waals surface area contributed by atoms with Gasteiger partial charge in [-0.2, -0.15) is 0 Å². The van der Waals surface area contributed by atoms with Crippen molar-refractivity contribution in [2.75, 3.05) is 31.1 Å². The highest BCUT2D eigenvalue weighted by Gasteiger charge is 2.30. The molecule has 5 nitrogen and oxygen atoms in total. The van der Waals surface area contributed by atoms with E-state index in [9.17, 15) is 9.59 Å². The monoisotopic (exact) mass is 365 g/mol. The number of para-hydroxylation sites is 1. The van der Waals surface area contributed by atoms with Crippen LogP contribution < -0.4 is 4.90 Å². The summed E-state index contributed by atoms with van der Waals surface area (Å²) in [5.74, 6) is -0.811. The number of amides is 2. The molecule has 27 heavy (non-hydrogen) atoms. The van der Waals surface area contributed by atoms with Gasteiger partial charge in [0.2, 0.25) is 0 Å². The van der Waals surface area contributed by atoms with Gasteiger partial charge in [0, 0.05) is 44.5 Å². The van der Waals surface area contributed by atoms with E-state index in [1.165, 1.54) is 0 Å². The SMILES string of the molecule is CC(C)N(Cc1ccccc1)C(=O)C(=O)N1CCN(c2ccccc2)CC1. The van der Waals surface area contributed by atoms with Gasteiger partial charge < -0.3 is 14.7 Å². The molecule has 142 valence electrons. The van der Waals surface area contributed by atoms with Gasteiger partial charge in [-0.1, -0.05) is 48.5 Å². The molecule has 0 radical (unpaired) electrons. The number of carbonyl (C=O) groups is 2. The third-order valence-corrected chi connectivity index (χ3v) is 4.95. The molecular formula is C22H27N3O2. The third-order valence-electron chi connectivity index (χ3n) is 4.95. The van der Waals surface area contributed by atoms with Crippen molar-refractivity contribution in [3.63, 3.8) is 0 Å². The number of rotatable bonds is 4. The molecule has 1 heterocycles. The quantitative estimate of drug-likeness (QED) is 0.783. The Labute approximate surface area is 161 Å². The van der Waals surface area contributed by atoms with Gasteiger partial charge in [-0.05, 0) is 31.5 Å². The van der Waals surface area contributed by atoms with E-state index in [-0.39, 0.29) is 6.04 Å². The van der Waals surface area contributed by atoms with Crippen LogP contribution in [0.4, 0.5) is 5.69 Å². The van der Waals surface area contributed by atoms with Crippen molar-refractivity contribution in [3.05, 3.63) is 66.2 Å². The van der Waals surface area contributed by atoms with E-state index in [0.717, 1.165) is 24.3 Å². The standard InChI is InChI=1S/C22H27N3O2/c1-18(2)25(17-19-9-5-3-6-10-19)22(27)21(26)24-15-13-23(14-16-24)20-11-7-4-8-12-20/h3-12,18H,13-17H2,1-2H3. The molecule has 0 saturated carbocycles. The lowest BCUT2D eigenvalue weighted by molar-refractivity contribution is -0.153. The molecule has 0 bridgehead atoms. The molecule has 0 unspecified atom stereocenters. The largest absolute Gasteiger partial charge is 0.368 e. The van der Waals surface area contributed by atoms with Crippen molar-refractivity contribution in [3.8, 4) is 0 Å². The van der Waals surface area contributed by atoms with Crippen molar-refractivity contribution in [2.24, 2.45) is 0 Å². The first kappa shape index (κ1) is 19.0. The highest BCUT2D eigenvalue weighted by Crippen LogP contribution is 2.16. The average molecular weight is 365 g/mol. The lowest BCUT2D eigenvalue weighted by Gasteiger charge is -2.37. The number of hydrogen-bond acceptors (Lipinski definition) is 3. The maximum Gasteiger partial charge on any atom is 0.312 e. The van der Waals surface area contributed by atoms with Crippen molar-refractivity contribution in [2.45, 2.75) is 26.4 Å². The van der Waals surface area contributed by atoms with Crippen LogP contribution in [0.1, 0.15) is 19.4 Å². The topological polar surface area (TPSA) is 43.9 Å². The summed E-state index contributed by atoms with van der Waals surface area (Å²) in [6, 6.07) is 19.9. The third kappa shape index (κ3) is 4.67. The summed E-state index contributed by atoms with van der Waals surface area (Å²) in [5.41, 5.74) is 2.19. The van der Waals surface area contributed by atoms with Crippen molar-refractivity contribution in [1.82, 2.24) is 9.80 Å². The second-order valence-corrected chi connectivity index (χ2v) is 7.13. The predicted octanol–water partition coefficient (Wildman–Crippen LogP) is 2.77. The number of piperazine rings is 1. The summed E-state index contributed by atoms with van der Waals surface area (Å²) in [6.45, 7) is 6.95. The van der Waals surface area contributed by atoms with E-state index in [1.807, 2.05) is 62.4 Å². The van der Waals surface area contributed by atoms with Gasteiger partial charge in [0.25, 0.3) is 0 Å². The van der Waals surface area contributed by atoms with Crippen LogP contribution in [0, 0.1) is 0 Å².